The highest BCUT2D eigenvalue weighted by atomic mass is 32.2. The highest BCUT2D eigenvalue weighted by Crippen LogP contribution is 2.45. The van der Waals surface area contributed by atoms with Crippen LogP contribution in [0.4, 0.5) is 0 Å². The zero-order valence-corrected chi connectivity index (χ0v) is 33.9. The number of ether oxygens (including phenoxy) is 4. The van der Waals surface area contributed by atoms with Crippen LogP contribution in [0.1, 0.15) is 40.0 Å². The molecule has 4 aromatic rings. The standard InChI is InChI=1S/C43H47N5O10S/c1-6-27-23-43(27,40(51)47-59(53,54)31-15-11-8-12-16-31)46-38(49)36-21-29(24-48(36)39(50)35(20-30-25-56-30)45-41(52)58-42(2,3)4)57-37-22-33(26-13-9-7-10-14-26)44-34-19-28(55-5)17-18-32(34)37/h6-19,22,27,29-30,35-36H,1,20-21,23-25H2,2-5H3,(H,45,52)(H,46,49)(H,47,51)/p-1/t27-,29-,30?,35+,36+,43-/m1/s1. The van der Waals surface area contributed by atoms with E-state index in [0.717, 1.165) is 5.56 Å². The van der Waals surface area contributed by atoms with Gasteiger partial charge in [-0.05, 0) is 30.7 Å². The van der Waals surface area contributed by atoms with Crippen molar-refractivity contribution in [2.45, 2.75) is 80.4 Å². The van der Waals surface area contributed by atoms with Crippen molar-refractivity contribution >= 4 is 44.7 Å². The highest BCUT2D eigenvalue weighted by Gasteiger charge is 2.61. The molecule has 1 aliphatic carbocycles. The number of rotatable bonds is 14. The third-order valence-corrected chi connectivity index (χ3v) is 11.7. The lowest BCUT2D eigenvalue weighted by Crippen LogP contribution is -2.57. The first kappa shape index (κ1) is 41.2. The lowest BCUT2D eigenvalue weighted by atomic mass is 10.1. The summed E-state index contributed by atoms with van der Waals surface area (Å²) in [5, 5.41) is 16.4. The number of amides is 3. The summed E-state index contributed by atoms with van der Waals surface area (Å²) in [6, 6.07) is 21.6. The van der Waals surface area contributed by atoms with Crippen LogP contribution in [-0.2, 0) is 33.9 Å². The molecule has 3 fully saturated rings. The SMILES string of the molecule is C=C[C@@H]1C[C@]1(NC(=O)[C@@H]1C[C@@H](Oc2cc(-c3ccccc3)nc3cc(OC)ccc23)CN1C(=O)[C@H](CC1CO1)N=C([O-])OC(C)(C)C)C(=O)NS(=O)(=O)c1ccccc1. The Kier molecular flexibility index (Phi) is 11.4. The summed E-state index contributed by atoms with van der Waals surface area (Å²) in [4.78, 5) is 53.0. The van der Waals surface area contributed by atoms with Gasteiger partial charge in [0.1, 0.15) is 41.3 Å². The molecule has 6 atom stereocenters. The Morgan fingerprint density at radius 1 is 1.08 bits per heavy atom. The Balaban J connectivity index is 1.22. The third-order valence-electron chi connectivity index (χ3n) is 10.4. The molecule has 16 heteroatoms. The van der Waals surface area contributed by atoms with Gasteiger partial charge in [-0.25, -0.2) is 18.1 Å². The quantitative estimate of drug-likeness (QED) is 0.0816. The van der Waals surface area contributed by atoms with Gasteiger partial charge >= 0.3 is 0 Å². The number of methoxy groups -OCH3 is 1. The molecule has 15 nitrogen and oxygen atoms in total. The molecule has 2 saturated heterocycles. The van der Waals surface area contributed by atoms with E-state index in [9.17, 15) is 27.9 Å². The van der Waals surface area contributed by atoms with Gasteiger partial charge in [0.25, 0.3) is 15.9 Å². The molecule has 3 amide bonds. The van der Waals surface area contributed by atoms with Crippen molar-refractivity contribution in [3.8, 4) is 22.8 Å². The fraction of sp³-hybridized carbons (Fsp3) is 0.372. The number of carbonyl (C=O) groups excluding carboxylic acids is 3. The summed E-state index contributed by atoms with van der Waals surface area (Å²) in [6.45, 7) is 9.10. The number of nitrogens with one attached hydrogen (secondary N) is 2. The van der Waals surface area contributed by atoms with Crippen LogP contribution >= 0.6 is 0 Å². The number of sulfonamides is 1. The summed E-state index contributed by atoms with van der Waals surface area (Å²) >= 11 is 0. The highest BCUT2D eigenvalue weighted by molar-refractivity contribution is 7.90. The third kappa shape index (κ3) is 9.34. The van der Waals surface area contributed by atoms with Crippen molar-refractivity contribution in [1.29, 1.82) is 0 Å². The second-order valence-electron chi connectivity index (χ2n) is 15.8. The molecule has 3 heterocycles. The predicted molar refractivity (Wildman–Crippen MR) is 216 cm³/mol. The van der Waals surface area contributed by atoms with E-state index in [0.29, 0.717) is 34.7 Å². The summed E-state index contributed by atoms with van der Waals surface area (Å²) < 4.78 is 51.5. The Bertz CT molecular complexity index is 2380. The molecular weight excluding hydrogens is 779 g/mol. The van der Waals surface area contributed by atoms with Crippen molar-refractivity contribution in [2.24, 2.45) is 10.9 Å². The number of carbonyl (C=O) groups is 3. The minimum absolute atomic E-state index is 0.0317. The van der Waals surface area contributed by atoms with Crippen molar-refractivity contribution in [1.82, 2.24) is 19.9 Å². The average molecular weight is 825 g/mol. The molecule has 0 bridgehead atoms. The maximum absolute atomic E-state index is 14.6. The molecular formula is C43H46N5O10S-. The van der Waals surface area contributed by atoms with Gasteiger partial charge in [0.05, 0.1) is 42.5 Å². The molecule has 0 spiro atoms. The van der Waals surface area contributed by atoms with Crippen LogP contribution in [0.2, 0.25) is 0 Å². The van der Waals surface area contributed by atoms with E-state index in [1.54, 1.807) is 52.1 Å². The molecule has 7 rings (SSSR count). The van der Waals surface area contributed by atoms with Gasteiger partial charge < -0.3 is 34.3 Å². The predicted octanol–water partition coefficient (Wildman–Crippen LogP) is 3.51. The Morgan fingerprint density at radius 2 is 1.78 bits per heavy atom. The summed E-state index contributed by atoms with van der Waals surface area (Å²) in [6.07, 6.45) is -0.473. The average Bonchev–Trinajstić information content (AvgIpc) is 4.13. The first-order valence-electron chi connectivity index (χ1n) is 19.2. The zero-order chi connectivity index (χ0) is 42.1. The molecule has 1 aromatic heterocycles. The monoisotopic (exact) mass is 824 g/mol. The van der Waals surface area contributed by atoms with E-state index >= 15 is 0 Å². The number of benzene rings is 3. The molecule has 1 unspecified atom stereocenters. The minimum atomic E-state index is -4.30. The largest absolute Gasteiger partial charge is 0.595 e. The van der Waals surface area contributed by atoms with Crippen LogP contribution in [0.5, 0.6) is 11.5 Å². The molecule has 3 aliphatic rings. The second kappa shape index (κ2) is 16.3. The van der Waals surface area contributed by atoms with Crippen LogP contribution < -0.4 is 24.6 Å². The number of aromatic nitrogens is 1. The number of aliphatic imine (C=N–C) groups is 1. The second-order valence-corrected chi connectivity index (χ2v) is 17.5. The molecule has 2 aliphatic heterocycles. The van der Waals surface area contributed by atoms with E-state index in [1.807, 2.05) is 36.4 Å². The molecule has 3 aromatic carbocycles. The van der Waals surface area contributed by atoms with Crippen LogP contribution in [0.15, 0.2) is 107 Å². The lowest BCUT2D eigenvalue weighted by molar-refractivity contribution is -0.261. The fourth-order valence-electron chi connectivity index (χ4n) is 7.19. The number of nitrogens with zero attached hydrogens (tertiary/aromatic N) is 3. The van der Waals surface area contributed by atoms with Crippen molar-refractivity contribution in [3.63, 3.8) is 0 Å². The zero-order valence-electron chi connectivity index (χ0n) is 33.1. The van der Waals surface area contributed by atoms with Crippen LogP contribution in [0.3, 0.4) is 0 Å². The van der Waals surface area contributed by atoms with Crippen molar-refractivity contribution in [2.75, 3.05) is 20.3 Å². The van der Waals surface area contributed by atoms with Crippen molar-refractivity contribution < 1.29 is 46.9 Å². The Labute approximate surface area is 342 Å². The lowest BCUT2D eigenvalue weighted by Gasteiger charge is -2.31. The maximum atomic E-state index is 14.6. The summed E-state index contributed by atoms with van der Waals surface area (Å²) in [5.41, 5.74) is -0.518. The molecule has 59 heavy (non-hydrogen) atoms. The van der Waals surface area contributed by atoms with Gasteiger partial charge in [0, 0.05) is 47.4 Å². The van der Waals surface area contributed by atoms with Gasteiger partial charge in [0.15, 0.2) is 0 Å². The Morgan fingerprint density at radius 3 is 2.41 bits per heavy atom. The van der Waals surface area contributed by atoms with E-state index in [4.69, 9.17) is 23.9 Å². The Hall–Kier alpha value is -6.00. The van der Waals surface area contributed by atoms with E-state index in [-0.39, 0.29) is 36.8 Å². The smallest absolute Gasteiger partial charge is 0.264 e. The van der Waals surface area contributed by atoms with Crippen LogP contribution in [-0.4, -0.2) is 97.8 Å². The van der Waals surface area contributed by atoms with Gasteiger partial charge in [-0.2, -0.15) is 0 Å². The number of hydrogen-bond acceptors (Lipinski definition) is 12. The van der Waals surface area contributed by atoms with E-state index < -0.39 is 69.1 Å². The van der Waals surface area contributed by atoms with Gasteiger partial charge in [-0.3, -0.25) is 19.4 Å². The van der Waals surface area contributed by atoms with Gasteiger partial charge in [-0.1, -0.05) is 75.4 Å². The maximum Gasteiger partial charge on any atom is 0.264 e. The number of pyridine rings is 1. The number of likely N-dealkylation sites (tertiary alicyclic amines) is 1. The van der Waals surface area contributed by atoms with E-state index in [1.165, 1.54) is 35.2 Å². The number of epoxide rings is 1. The van der Waals surface area contributed by atoms with Crippen LogP contribution in [0.25, 0.3) is 22.2 Å². The molecule has 310 valence electrons. The summed E-state index contributed by atoms with van der Waals surface area (Å²) in [5.74, 6) is -1.90. The fourth-order valence-corrected chi connectivity index (χ4v) is 8.25. The summed E-state index contributed by atoms with van der Waals surface area (Å²) in [7, 11) is -2.74. The van der Waals surface area contributed by atoms with Crippen molar-refractivity contribution in [3.05, 3.63) is 97.6 Å². The number of hydrogen-bond donors (Lipinski definition) is 2. The number of fused-ring (bicyclic) bond motifs is 1. The van der Waals surface area contributed by atoms with Gasteiger partial charge in [0.2, 0.25) is 11.8 Å². The molecule has 0 radical (unpaired) electrons. The molecule has 1 saturated carbocycles. The van der Waals surface area contributed by atoms with Gasteiger partial charge in [-0.15, -0.1) is 6.58 Å². The first-order chi connectivity index (χ1) is 28.1. The van der Waals surface area contributed by atoms with E-state index in [2.05, 4.69) is 21.6 Å². The topological polar surface area (TPSA) is 201 Å². The minimum Gasteiger partial charge on any atom is -0.595 e. The normalized spacial score (nSPS) is 23.2. The van der Waals surface area contributed by atoms with Crippen LogP contribution in [0, 0.1) is 5.92 Å². The molecule has 2 N–H and O–H groups in total. The first-order valence-corrected chi connectivity index (χ1v) is 20.7.